The quantitative estimate of drug-likeness (QED) is 0.354. The third-order valence-corrected chi connectivity index (χ3v) is 2.70. The summed E-state index contributed by atoms with van der Waals surface area (Å²) in [5.74, 6) is 0. The molecule has 0 aliphatic heterocycles. The number of unbranched alkanes of at least 4 members (excludes halogenated alkanes) is 5. The van der Waals surface area contributed by atoms with Crippen LogP contribution in [0.4, 0.5) is 0 Å². The summed E-state index contributed by atoms with van der Waals surface area (Å²) in [5, 5.41) is 0. The van der Waals surface area contributed by atoms with E-state index in [0.717, 1.165) is 0 Å². The molecular weight excluding hydrogens is 180 g/mol. The lowest BCUT2D eigenvalue weighted by atomic mass is 9.89. The molecule has 0 aliphatic carbocycles. The third kappa shape index (κ3) is 13.7. The summed E-state index contributed by atoms with van der Waals surface area (Å²) in [5.41, 5.74) is 0.532. The van der Waals surface area contributed by atoms with Gasteiger partial charge in [-0.1, -0.05) is 65.5 Å². The van der Waals surface area contributed by atoms with Gasteiger partial charge in [0.15, 0.2) is 0 Å². The van der Waals surface area contributed by atoms with E-state index in [-0.39, 0.29) is 0 Å². The van der Waals surface area contributed by atoms with Crippen molar-refractivity contribution in [3.63, 3.8) is 0 Å². The second-order valence-electron chi connectivity index (χ2n) is 5.75. The van der Waals surface area contributed by atoms with Crippen LogP contribution in [0.25, 0.3) is 0 Å². The first-order valence-corrected chi connectivity index (χ1v) is 6.71. The van der Waals surface area contributed by atoms with Crippen molar-refractivity contribution in [2.75, 3.05) is 0 Å². The Bertz CT molecular complexity index is 148. The van der Waals surface area contributed by atoms with E-state index in [9.17, 15) is 0 Å². The second-order valence-corrected chi connectivity index (χ2v) is 5.75. The van der Waals surface area contributed by atoms with Crippen LogP contribution in [0.3, 0.4) is 0 Å². The minimum atomic E-state index is 0.532. The molecule has 0 fully saturated rings. The first-order chi connectivity index (χ1) is 7.06. The van der Waals surface area contributed by atoms with Crippen LogP contribution >= 0.6 is 0 Å². The van der Waals surface area contributed by atoms with Crippen LogP contribution in [0.5, 0.6) is 0 Å². The molecule has 0 heterocycles. The molecular formula is C15H30. The van der Waals surface area contributed by atoms with E-state index in [1.165, 1.54) is 51.4 Å². The summed E-state index contributed by atoms with van der Waals surface area (Å²) in [7, 11) is 0. The molecule has 0 atom stereocenters. The predicted molar refractivity (Wildman–Crippen MR) is 71.2 cm³/mol. The van der Waals surface area contributed by atoms with Gasteiger partial charge < -0.3 is 0 Å². The molecule has 0 saturated carbocycles. The molecule has 0 rings (SSSR count). The van der Waals surface area contributed by atoms with Gasteiger partial charge in [-0.2, -0.15) is 0 Å². The average molecular weight is 210 g/mol. The van der Waals surface area contributed by atoms with Crippen molar-refractivity contribution in [3.05, 3.63) is 12.2 Å². The van der Waals surface area contributed by atoms with E-state index >= 15 is 0 Å². The van der Waals surface area contributed by atoms with Crippen LogP contribution < -0.4 is 0 Å². The fraction of sp³-hybridized carbons (Fsp3) is 0.867. The third-order valence-electron chi connectivity index (χ3n) is 2.70. The minimum Gasteiger partial charge on any atom is -0.0888 e. The van der Waals surface area contributed by atoms with Gasteiger partial charge in [-0.25, -0.2) is 0 Å². The molecule has 0 amide bonds. The van der Waals surface area contributed by atoms with Crippen molar-refractivity contribution in [1.29, 1.82) is 0 Å². The molecule has 0 aromatic rings. The highest BCUT2D eigenvalue weighted by molar-refractivity contribution is 4.79. The van der Waals surface area contributed by atoms with Crippen molar-refractivity contribution >= 4 is 0 Å². The number of rotatable bonds is 8. The lowest BCUT2D eigenvalue weighted by Crippen LogP contribution is -2.03. The zero-order chi connectivity index (χ0) is 11.6. The van der Waals surface area contributed by atoms with Gasteiger partial charge in [0.05, 0.1) is 0 Å². The Morgan fingerprint density at radius 2 is 1.40 bits per heavy atom. The van der Waals surface area contributed by atoms with Crippen LogP contribution in [0.2, 0.25) is 0 Å². The van der Waals surface area contributed by atoms with Gasteiger partial charge in [0.25, 0.3) is 0 Å². The molecule has 15 heavy (non-hydrogen) atoms. The Kier molecular flexibility index (Phi) is 8.85. The van der Waals surface area contributed by atoms with Crippen LogP contribution in [-0.2, 0) is 0 Å². The van der Waals surface area contributed by atoms with E-state index in [2.05, 4.69) is 39.8 Å². The van der Waals surface area contributed by atoms with Crippen LogP contribution in [-0.4, -0.2) is 0 Å². The molecule has 0 saturated heterocycles. The maximum atomic E-state index is 2.34. The van der Waals surface area contributed by atoms with Crippen molar-refractivity contribution in [2.45, 2.75) is 79.1 Å². The molecule has 90 valence electrons. The Labute approximate surface area is 97.2 Å². The summed E-state index contributed by atoms with van der Waals surface area (Å²) in [6.07, 6.45) is 15.5. The molecule has 0 radical (unpaired) electrons. The fourth-order valence-electron chi connectivity index (χ4n) is 1.73. The average Bonchev–Trinajstić information content (AvgIpc) is 2.14. The van der Waals surface area contributed by atoms with Crippen molar-refractivity contribution in [1.82, 2.24) is 0 Å². The summed E-state index contributed by atoms with van der Waals surface area (Å²) in [6, 6.07) is 0. The molecule has 0 unspecified atom stereocenters. The Morgan fingerprint density at radius 3 is 2.00 bits per heavy atom. The van der Waals surface area contributed by atoms with Crippen LogP contribution in [0.15, 0.2) is 12.2 Å². The van der Waals surface area contributed by atoms with Crippen molar-refractivity contribution in [3.8, 4) is 0 Å². The zero-order valence-corrected chi connectivity index (χ0v) is 11.3. The first-order valence-electron chi connectivity index (χ1n) is 6.71. The van der Waals surface area contributed by atoms with E-state index in [0.29, 0.717) is 5.41 Å². The zero-order valence-electron chi connectivity index (χ0n) is 11.3. The molecule has 0 N–H and O–H groups in total. The first kappa shape index (κ1) is 14.7. The molecule has 0 aromatic carbocycles. The maximum absolute atomic E-state index is 2.34. The van der Waals surface area contributed by atoms with Gasteiger partial charge in [-0.15, -0.1) is 0 Å². The number of hydrogen-bond acceptors (Lipinski definition) is 0. The minimum absolute atomic E-state index is 0.532. The lowest BCUT2D eigenvalue weighted by Gasteiger charge is -2.17. The summed E-state index contributed by atoms with van der Waals surface area (Å²) >= 11 is 0. The summed E-state index contributed by atoms with van der Waals surface area (Å²) in [6.45, 7) is 9.20. The number of allylic oxidation sites excluding steroid dienone is 2. The smallest absolute Gasteiger partial charge is 0.0351 e. The number of hydrogen-bond donors (Lipinski definition) is 0. The predicted octanol–water partition coefficient (Wildman–Crippen LogP) is 5.73. The highest BCUT2D eigenvalue weighted by Crippen LogP contribution is 2.22. The molecule has 0 heteroatoms. The van der Waals surface area contributed by atoms with Crippen LogP contribution in [0.1, 0.15) is 79.1 Å². The van der Waals surface area contributed by atoms with Crippen molar-refractivity contribution in [2.24, 2.45) is 5.41 Å². The van der Waals surface area contributed by atoms with E-state index < -0.39 is 0 Å². The van der Waals surface area contributed by atoms with E-state index in [1.54, 1.807) is 0 Å². The van der Waals surface area contributed by atoms with Gasteiger partial charge in [-0.3, -0.25) is 0 Å². The van der Waals surface area contributed by atoms with Gasteiger partial charge in [-0.05, 0) is 31.1 Å². The van der Waals surface area contributed by atoms with Gasteiger partial charge in [0.2, 0.25) is 0 Å². The Morgan fingerprint density at radius 1 is 0.800 bits per heavy atom. The van der Waals surface area contributed by atoms with Gasteiger partial charge in [0.1, 0.15) is 0 Å². The second kappa shape index (κ2) is 9.00. The van der Waals surface area contributed by atoms with Gasteiger partial charge >= 0.3 is 0 Å². The SMILES string of the molecule is CC/C=C\CCCCCCCC(C)(C)C. The summed E-state index contributed by atoms with van der Waals surface area (Å²) in [4.78, 5) is 0. The Hall–Kier alpha value is -0.260. The molecule has 0 aromatic heterocycles. The van der Waals surface area contributed by atoms with Crippen LogP contribution in [0, 0.1) is 5.41 Å². The van der Waals surface area contributed by atoms with Gasteiger partial charge in [0, 0.05) is 0 Å². The molecule has 0 nitrogen and oxygen atoms in total. The summed E-state index contributed by atoms with van der Waals surface area (Å²) < 4.78 is 0. The fourth-order valence-corrected chi connectivity index (χ4v) is 1.73. The molecule has 0 aliphatic rings. The van der Waals surface area contributed by atoms with E-state index in [1.807, 2.05) is 0 Å². The molecule has 0 spiro atoms. The molecule has 0 bridgehead atoms. The van der Waals surface area contributed by atoms with E-state index in [4.69, 9.17) is 0 Å². The maximum Gasteiger partial charge on any atom is -0.0351 e. The Balaban J connectivity index is 3.09. The largest absolute Gasteiger partial charge is 0.0888 e. The monoisotopic (exact) mass is 210 g/mol. The lowest BCUT2D eigenvalue weighted by molar-refractivity contribution is 0.356. The highest BCUT2D eigenvalue weighted by Gasteiger charge is 2.08. The highest BCUT2D eigenvalue weighted by atomic mass is 14.1. The standard InChI is InChI=1S/C15H30/c1-5-6-7-8-9-10-11-12-13-14-15(2,3)4/h6-7H,5,8-14H2,1-4H3/b7-6-. The topological polar surface area (TPSA) is 0 Å². The van der Waals surface area contributed by atoms with Crippen molar-refractivity contribution < 1.29 is 0 Å². The normalized spacial score (nSPS) is 12.5.